The van der Waals surface area contributed by atoms with Gasteiger partial charge >= 0.3 is 0 Å². The van der Waals surface area contributed by atoms with Crippen molar-refractivity contribution in [3.05, 3.63) is 65.2 Å². The monoisotopic (exact) mass is 518 g/mol. The second kappa shape index (κ2) is 10.1. The molecule has 2 aliphatic rings. The highest BCUT2D eigenvalue weighted by atomic mass is 35.5. The van der Waals surface area contributed by atoms with Gasteiger partial charge in [-0.1, -0.05) is 60.1 Å². The second-order valence-electron chi connectivity index (χ2n) is 9.33. The first kappa shape index (κ1) is 23.9. The Morgan fingerprint density at radius 1 is 1.08 bits per heavy atom. The summed E-state index contributed by atoms with van der Waals surface area (Å²) >= 11 is 6.61. The van der Waals surface area contributed by atoms with Crippen molar-refractivity contribution in [2.24, 2.45) is 0 Å². The highest BCUT2D eigenvalue weighted by Crippen LogP contribution is 2.33. The van der Waals surface area contributed by atoms with E-state index in [-0.39, 0.29) is 24.2 Å². The van der Waals surface area contributed by atoms with Gasteiger partial charge in [0.25, 0.3) is 6.01 Å². The molecule has 6 rings (SSSR count). The Balaban J connectivity index is 1.18. The van der Waals surface area contributed by atoms with E-state index in [2.05, 4.69) is 39.6 Å². The summed E-state index contributed by atoms with van der Waals surface area (Å²) in [6.07, 6.45) is 1.95. The minimum atomic E-state index is -0.194. The number of imidazole rings is 1. The molecule has 1 amide bonds. The number of ether oxygens (including phenoxy) is 3. The maximum absolute atomic E-state index is 11.5. The lowest BCUT2D eigenvalue weighted by molar-refractivity contribution is -0.120. The van der Waals surface area contributed by atoms with Crippen LogP contribution in [0.4, 0.5) is 0 Å². The van der Waals surface area contributed by atoms with Gasteiger partial charge in [0, 0.05) is 25.6 Å². The third-order valence-corrected chi connectivity index (χ3v) is 7.24. The summed E-state index contributed by atoms with van der Waals surface area (Å²) in [5, 5.41) is 3.18. The molecule has 4 heterocycles. The Hall–Kier alpha value is -3.46. The Morgan fingerprint density at radius 2 is 1.81 bits per heavy atom. The number of H-pyrrole nitrogens is 1. The molecule has 0 unspecified atom stereocenters. The fourth-order valence-electron chi connectivity index (χ4n) is 4.90. The minimum absolute atomic E-state index is 0.0453. The summed E-state index contributed by atoms with van der Waals surface area (Å²) in [4.78, 5) is 23.9. The van der Waals surface area contributed by atoms with Crippen LogP contribution in [0.5, 0.6) is 6.01 Å². The van der Waals surface area contributed by atoms with Crippen molar-refractivity contribution >= 4 is 28.7 Å². The highest BCUT2D eigenvalue weighted by molar-refractivity contribution is 6.33. The number of rotatable bonds is 7. The number of pyridine rings is 1. The molecule has 2 saturated heterocycles. The van der Waals surface area contributed by atoms with E-state index in [4.69, 9.17) is 30.8 Å². The van der Waals surface area contributed by atoms with Crippen LogP contribution in [-0.2, 0) is 20.7 Å². The fourth-order valence-corrected chi connectivity index (χ4v) is 5.16. The summed E-state index contributed by atoms with van der Waals surface area (Å²) in [5.74, 6) is 0.0453. The summed E-state index contributed by atoms with van der Waals surface area (Å²) in [6.45, 7) is 1.18. The third-order valence-electron chi connectivity index (χ3n) is 6.95. The lowest BCUT2D eigenvalue weighted by Gasteiger charge is -2.15. The second-order valence-corrected chi connectivity index (χ2v) is 9.74. The van der Waals surface area contributed by atoms with Crippen LogP contribution in [0.3, 0.4) is 0 Å². The largest absolute Gasteiger partial charge is 0.456 e. The van der Waals surface area contributed by atoms with Crippen LogP contribution in [0.1, 0.15) is 18.4 Å². The molecular formula is C28H27ClN4O4. The van der Waals surface area contributed by atoms with Gasteiger partial charge in [0.1, 0.15) is 6.10 Å². The lowest BCUT2D eigenvalue weighted by atomic mass is 10.00. The van der Waals surface area contributed by atoms with Crippen LogP contribution in [0.15, 0.2) is 54.6 Å². The topological polar surface area (TPSA) is 98.4 Å². The maximum atomic E-state index is 11.5. The molecule has 190 valence electrons. The van der Waals surface area contributed by atoms with Crippen molar-refractivity contribution < 1.29 is 19.0 Å². The van der Waals surface area contributed by atoms with E-state index in [1.54, 1.807) is 7.05 Å². The van der Waals surface area contributed by atoms with Crippen LogP contribution < -0.4 is 10.1 Å². The Kier molecular flexibility index (Phi) is 6.54. The number of carbonyl (C=O) groups is 1. The average Bonchev–Trinajstić information content (AvgIpc) is 3.64. The van der Waals surface area contributed by atoms with Crippen LogP contribution in [0.2, 0.25) is 5.02 Å². The Labute approximate surface area is 219 Å². The lowest BCUT2D eigenvalue weighted by Crippen LogP contribution is -2.32. The molecule has 2 aromatic carbocycles. The molecule has 3 atom stereocenters. The number of benzene rings is 2. The van der Waals surface area contributed by atoms with Crippen LogP contribution in [0.25, 0.3) is 33.5 Å². The number of aromatic nitrogens is 3. The zero-order valence-electron chi connectivity index (χ0n) is 20.4. The first-order valence-electron chi connectivity index (χ1n) is 12.4. The highest BCUT2D eigenvalue weighted by Gasteiger charge is 2.43. The normalized spacial score (nSPS) is 20.8. The molecule has 2 aliphatic heterocycles. The smallest absolute Gasteiger partial charge is 0.296 e. The zero-order chi connectivity index (χ0) is 25.4. The van der Waals surface area contributed by atoms with Gasteiger partial charge in [0.05, 0.1) is 28.9 Å². The van der Waals surface area contributed by atoms with E-state index < -0.39 is 0 Å². The average molecular weight is 519 g/mol. The van der Waals surface area contributed by atoms with Gasteiger partial charge in [0.15, 0.2) is 11.8 Å². The van der Waals surface area contributed by atoms with Crippen LogP contribution in [-0.4, -0.2) is 59.4 Å². The van der Waals surface area contributed by atoms with Gasteiger partial charge in [-0.25, -0.2) is 4.98 Å². The van der Waals surface area contributed by atoms with Crippen molar-refractivity contribution in [2.45, 2.75) is 37.6 Å². The van der Waals surface area contributed by atoms with Gasteiger partial charge < -0.3 is 24.5 Å². The molecule has 8 nitrogen and oxygen atoms in total. The predicted molar refractivity (Wildman–Crippen MR) is 141 cm³/mol. The Morgan fingerprint density at radius 3 is 2.57 bits per heavy atom. The summed E-state index contributed by atoms with van der Waals surface area (Å²) in [7, 11) is 1.66. The van der Waals surface area contributed by atoms with E-state index >= 15 is 0 Å². The first-order chi connectivity index (χ1) is 18.1. The molecule has 0 saturated carbocycles. The van der Waals surface area contributed by atoms with Gasteiger partial charge in [-0.15, -0.1) is 0 Å². The predicted octanol–water partition coefficient (Wildman–Crippen LogP) is 4.56. The van der Waals surface area contributed by atoms with E-state index in [0.29, 0.717) is 47.5 Å². The molecule has 2 fully saturated rings. The van der Waals surface area contributed by atoms with Gasteiger partial charge in [-0.2, -0.15) is 4.98 Å². The van der Waals surface area contributed by atoms with E-state index in [0.717, 1.165) is 35.1 Å². The first-order valence-corrected chi connectivity index (χ1v) is 12.8. The van der Waals surface area contributed by atoms with Gasteiger partial charge in [-0.3, -0.25) is 4.79 Å². The van der Waals surface area contributed by atoms with Crippen molar-refractivity contribution in [1.82, 2.24) is 20.3 Å². The maximum Gasteiger partial charge on any atom is 0.296 e. The molecule has 0 aliphatic carbocycles. The molecule has 0 bridgehead atoms. The van der Waals surface area contributed by atoms with Crippen molar-refractivity contribution in [2.75, 3.05) is 20.3 Å². The van der Waals surface area contributed by atoms with Gasteiger partial charge in [-0.05, 0) is 35.6 Å². The third kappa shape index (κ3) is 4.92. The summed E-state index contributed by atoms with van der Waals surface area (Å²) in [6, 6.07) is 18.6. The van der Waals surface area contributed by atoms with Crippen molar-refractivity contribution in [3.8, 4) is 28.4 Å². The summed E-state index contributed by atoms with van der Waals surface area (Å²) < 4.78 is 17.6. The van der Waals surface area contributed by atoms with Crippen molar-refractivity contribution in [3.63, 3.8) is 0 Å². The molecule has 37 heavy (non-hydrogen) atoms. The van der Waals surface area contributed by atoms with E-state index in [9.17, 15) is 4.79 Å². The number of aromatic amines is 1. The number of fused-ring (bicyclic) bond motifs is 2. The number of halogens is 1. The SMILES string of the molecule is CNC(=O)CCc1ccc(-c2ccc(-c3nc4nc(O[C@@H]5CO[C@@H]6CCO[C@@H]65)[nH]c4cc3Cl)cc2)cc1. The van der Waals surface area contributed by atoms with Crippen LogP contribution in [0, 0.1) is 0 Å². The molecule has 0 radical (unpaired) electrons. The van der Waals surface area contributed by atoms with E-state index in [1.165, 1.54) is 0 Å². The molecule has 4 aromatic rings. The molecule has 2 aromatic heterocycles. The molecule has 0 spiro atoms. The molecular weight excluding hydrogens is 492 g/mol. The number of carbonyl (C=O) groups excluding carboxylic acids is 1. The van der Waals surface area contributed by atoms with Crippen LogP contribution >= 0.6 is 11.6 Å². The number of amides is 1. The zero-order valence-corrected chi connectivity index (χ0v) is 21.1. The summed E-state index contributed by atoms with van der Waals surface area (Å²) in [5.41, 5.74) is 6.12. The number of nitrogens with one attached hydrogen (secondary N) is 2. The fraction of sp³-hybridized carbons (Fsp3) is 0.321. The van der Waals surface area contributed by atoms with Crippen molar-refractivity contribution in [1.29, 1.82) is 0 Å². The molecule has 2 N–H and O–H groups in total. The minimum Gasteiger partial charge on any atom is -0.456 e. The number of aryl methyl sites for hydroxylation is 1. The number of nitrogens with zero attached hydrogens (tertiary/aromatic N) is 2. The number of hydrogen-bond donors (Lipinski definition) is 2. The Bertz CT molecular complexity index is 1420. The number of hydrogen-bond acceptors (Lipinski definition) is 6. The van der Waals surface area contributed by atoms with Gasteiger partial charge in [0.2, 0.25) is 5.91 Å². The van der Waals surface area contributed by atoms with E-state index in [1.807, 2.05) is 30.3 Å². The standard InChI is InChI=1S/C28H27ClN4O4/c1-30-24(34)11-4-16-2-5-17(6-3-16)18-7-9-19(10-8-18)25-20(29)14-21-27(32-25)33-28(31-21)37-23-15-36-22-12-13-35-26(22)23/h2-3,5-10,14,22-23,26H,4,11-13,15H2,1H3,(H,30,34)(H,31,32,33)/t22-,23-,26+/m1/s1. The quantitative estimate of drug-likeness (QED) is 0.372. The molecule has 9 heteroatoms.